The second-order valence-corrected chi connectivity index (χ2v) is 6.34. The Kier molecular flexibility index (Phi) is 6.58. The Labute approximate surface area is 165 Å². The number of carbonyl (C=O) groups excluding carboxylic acids is 2. The predicted molar refractivity (Wildman–Crippen MR) is 112 cm³/mol. The molecule has 142 valence electrons. The Morgan fingerprint density at radius 1 is 0.786 bits per heavy atom. The van der Waals surface area contributed by atoms with Gasteiger partial charge in [0.1, 0.15) is 5.75 Å². The van der Waals surface area contributed by atoms with E-state index in [2.05, 4.69) is 5.32 Å². The number of anilines is 1. The van der Waals surface area contributed by atoms with Gasteiger partial charge < -0.3 is 10.1 Å². The lowest BCUT2D eigenvalue weighted by Crippen LogP contribution is -2.14. The van der Waals surface area contributed by atoms with Gasteiger partial charge in [0.15, 0.2) is 5.78 Å². The van der Waals surface area contributed by atoms with Gasteiger partial charge in [0, 0.05) is 18.4 Å². The fraction of sp³-hybridized carbons (Fsp3) is 0.167. The number of carbonyl (C=O) groups is 2. The highest BCUT2D eigenvalue weighted by molar-refractivity contribution is 6.00. The number of nitrogens with one attached hydrogen (secondary N) is 1. The zero-order valence-electron chi connectivity index (χ0n) is 15.9. The van der Waals surface area contributed by atoms with E-state index in [1.807, 2.05) is 73.7 Å². The first-order valence-electron chi connectivity index (χ1n) is 9.37. The molecule has 0 atom stereocenters. The van der Waals surface area contributed by atoms with Crippen molar-refractivity contribution < 1.29 is 14.3 Å². The molecule has 0 bridgehead atoms. The van der Waals surface area contributed by atoms with Gasteiger partial charge in [-0.05, 0) is 30.2 Å². The zero-order chi connectivity index (χ0) is 19.8. The minimum Gasteiger partial charge on any atom is -0.492 e. The lowest BCUT2D eigenvalue weighted by molar-refractivity contribution is -0.116. The van der Waals surface area contributed by atoms with Gasteiger partial charge in [-0.2, -0.15) is 0 Å². The third kappa shape index (κ3) is 5.07. The summed E-state index contributed by atoms with van der Waals surface area (Å²) in [7, 11) is 0. The van der Waals surface area contributed by atoms with E-state index in [0.29, 0.717) is 23.6 Å². The van der Waals surface area contributed by atoms with Crippen LogP contribution >= 0.6 is 0 Å². The third-order valence-electron chi connectivity index (χ3n) is 4.35. The fourth-order valence-electron chi connectivity index (χ4n) is 2.91. The second-order valence-electron chi connectivity index (χ2n) is 6.34. The Morgan fingerprint density at radius 3 is 2.14 bits per heavy atom. The van der Waals surface area contributed by atoms with Gasteiger partial charge in [0.2, 0.25) is 5.91 Å². The van der Waals surface area contributed by atoms with Crippen LogP contribution < -0.4 is 10.1 Å². The van der Waals surface area contributed by atoms with Gasteiger partial charge in [-0.15, -0.1) is 0 Å². The minimum atomic E-state index is -0.207. The van der Waals surface area contributed by atoms with Crippen LogP contribution in [-0.4, -0.2) is 18.3 Å². The minimum absolute atomic E-state index is 0.0483. The topological polar surface area (TPSA) is 55.4 Å². The summed E-state index contributed by atoms with van der Waals surface area (Å²) in [6, 6.07) is 24.8. The van der Waals surface area contributed by atoms with E-state index in [-0.39, 0.29) is 24.5 Å². The first kappa shape index (κ1) is 19.4. The van der Waals surface area contributed by atoms with Crippen molar-refractivity contribution >= 4 is 17.4 Å². The SMILES string of the molecule is CCOc1ccccc1NC(=O)CCC(=O)c1ccc(-c2ccccc2)cc1. The zero-order valence-corrected chi connectivity index (χ0v) is 15.9. The molecule has 0 spiro atoms. The number of ether oxygens (including phenoxy) is 1. The number of Topliss-reactive ketones (excluding diaryl/α,β-unsaturated/α-hetero) is 1. The number of para-hydroxylation sites is 2. The van der Waals surface area contributed by atoms with Crippen molar-refractivity contribution in [2.45, 2.75) is 19.8 Å². The number of amides is 1. The van der Waals surface area contributed by atoms with Crippen molar-refractivity contribution in [2.24, 2.45) is 0 Å². The molecule has 0 saturated heterocycles. The summed E-state index contributed by atoms with van der Waals surface area (Å²) in [6.07, 6.45) is 0.285. The number of hydrogen-bond acceptors (Lipinski definition) is 3. The molecule has 3 aromatic rings. The second kappa shape index (κ2) is 9.51. The molecule has 0 aliphatic heterocycles. The molecule has 0 aliphatic carbocycles. The van der Waals surface area contributed by atoms with Crippen molar-refractivity contribution in [3.63, 3.8) is 0 Å². The van der Waals surface area contributed by atoms with Crippen molar-refractivity contribution in [3.8, 4) is 16.9 Å². The highest BCUT2D eigenvalue weighted by Crippen LogP contribution is 2.24. The molecule has 3 aromatic carbocycles. The molecular weight excluding hydrogens is 350 g/mol. The summed E-state index contributed by atoms with van der Waals surface area (Å²) in [6.45, 7) is 2.41. The summed E-state index contributed by atoms with van der Waals surface area (Å²) >= 11 is 0. The highest BCUT2D eigenvalue weighted by Gasteiger charge is 2.11. The maximum atomic E-state index is 12.4. The van der Waals surface area contributed by atoms with E-state index in [4.69, 9.17) is 4.74 Å². The van der Waals surface area contributed by atoms with Gasteiger partial charge in [-0.3, -0.25) is 9.59 Å². The molecule has 0 fully saturated rings. The highest BCUT2D eigenvalue weighted by atomic mass is 16.5. The number of ketones is 1. The van der Waals surface area contributed by atoms with Gasteiger partial charge in [0.05, 0.1) is 12.3 Å². The molecule has 0 radical (unpaired) electrons. The molecule has 0 heterocycles. The molecule has 4 nitrogen and oxygen atoms in total. The van der Waals surface area contributed by atoms with Crippen molar-refractivity contribution in [3.05, 3.63) is 84.4 Å². The lowest BCUT2D eigenvalue weighted by Gasteiger charge is -2.11. The van der Waals surface area contributed by atoms with Crippen LogP contribution in [0.15, 0.2) is 78.9 Å². The van der Waals surface area contributed by atoms with E-state index in [1.54, 1.807) is 12.1 Å². The Bertz CT molecular complexity index is 934. The standard InChI is InChI=1S/C24H23NO3/c1-2-28-23-11-7-6-10-21(23)25-24(27)17-16-22(26)20-14-12-19(13-15-20)18-8-4-3-5-9-18/h3-15H,2,16-17H2,1H3,(H,25,27). The molecule has 0 unspecified atom stereocenters. The van der Waals surface area contributed by atoms with Gasteiger partial charge in [0.25, 0.3) is 0 Å². The molecular formula is C24H23NO3. The van der Waals surface area contributed by atoms with E-state index in [1.165, 1.54) is 0 Å². The van der Waals surface area contributed by atoms with Crippen LogP contribution in [-0.2, 0) is 4.79 Å². The third-order valence-corrected chi connectivity index (χ3v) is 4.35. The fourth-order valence-corrected chi connectivity index (χ4v) is 2.91. The summed E-state index contributed by atoms with van der Waals surface area (Å²) in [4.78, 5) is 24.6. The normalized spacial score (nSPS) is 10.3. The maximum Gasteiger partial charge on any atom is 0.224 e. The van der Waals surface area contributed by atoms with E-state index in [9.17, 15) is 9.59 Å². The largest absolute Gasteiger partial charge is 0.492 e. The number of rotatable bonds is 8. The van der Waals surface area contributed by atoms with Crippen molar-refractivity contribution in [2.75, 3.05) is 11.9 Å². The Morgan fingerprint density at radius 2 is 1.43 bits per heavy atom. The van der Waals surface area contributed by atoms with Crippen LogP contribution in [0.3, 0.4) is 0 Å². The van der Waals surface area contributed by atoms with Gasteiger partial charge in [-0.25, -0.2) is 0 Å². The van der Waals surface area contributed by atoms with Crippen molar-refractivity contribution in [1.29, 1.82) is 0 Å². The molecule has 0 aliphatic rings. The van der Waals surface area contributed by atoms with Crippen LogP contribution in [0, 0.1) is 0 Å². The monoisotopic (exact) mass is 373 g/mol. The molecule has 0 aromatic heterocycles. The number of benzene rings is 3. The molecule has 0 saturated carbocycles. The predicted octanol–water partition coefficient (Wildman–Crippen LogP) is 5.35. The summed E-state index contributed by atoms with van der Waals surface area (Å²) in [5.41, 5.74) is 3.40. The van der Waals surface area contributed by atoms with E-state index < -0.39 is 0 Å². The van der Waals surface area contributed by atoms with Crippen LogP contribution in [0.25, 0.3) is 11.1 Å². The molecule has 28 heavy (non-hydrogen) atoms. The number of hydrogen-bond donors (Lipinski definition) is 1. The Balaban J connectivity index is 1.56. The average molecular weight is 373 g/mol. The molecule has 4 heteroatoms. The van der Waals surface area contributed by atoms with Crippen molar-refractivity contribution in [1.82, 2.24) is 0 Å². The lowest BCUT2D eigenvalue weighted by atomic mass is 10.0. The average Bonchev–Trinajstić information content (AvgIpc) is 2.74. The smallest absolute Gasteiger partial charge is 0.224 e. The quantitative estimate of drug-likeness (QED) is 0.541. The Hall–Kier alpha value is -3.40. The van der Waals surface area contributed by atoms with E-state index in [0.717, 1.165) is 11.1 Å². The van der Waals surface area contributed by atoms with E-state index >= 15 is 0 Å². The molecule has 1 amide bonds. The van der Waals surface area contributed by atoms with Crippen LogP contribution in [0.5, 0.6) is 5.75 Å². The summed E-state index contributed by atoms with van der Waals surface area (Å²) < 4.78 is 5.50. The van der Waals surface area contributed by atoms with Crippen LogP contribution in [0.4, 0.5) is 5.69 Å². The summed E-state index contributed by atoms with van der Waals surface area (Å²) in [5, 5.41) is 2.82. The molecule has 1 N–H and O–H groups in total. The van der Waals surface area contributed by atoms with Gasteiger partial charge >= 0.3 is 0 Å². The molecule has 3 rings (SSSR count). The van der Waals surface area contributed by atoms with Gasteiger partial charge in [-0.1, -0.05) is 66.7 Å². The summed E-state index contributed by atoms with van der Waals surface area (Å²) in [5.74, 6) is 0.371. The maximum absolute atomic E-state index is 12.4. The first-order chi connectivity index (χ1) is 13.7. The first-order valence-corrected chi connectivity index (χ1v) is 9.37. The van der Waals surface area contributed by atoms with Crippen LogP contribution in [0.2, 0.25) is 0 Å². The van der Waals surface area contributed by atoms with Crippen LogP contribution in [0.1, 0.15) is 30.1 Å².